The Morgan fingerprint density at radius 3 is 3.00 bits per heavy atom. The summed E-state index contributed by atoms with van der Waals surface area (Å²) in [5.41, 5.74) is 5.47. The monoisotopic (exact) mass is 185 g/mol. The van der Waals surface area contributed by atoms with Crippen molar-refractivity contribution in [2.75, 3.05) is 13.7 Å². The molecule has 0 spiro atoms. The Bertz CT molecular complexity index is 249. The Kier molecular flexibility index (Phi) is 3.78. The first kappa shape index (κ1) is 10.1. The van der Waals surface area contributed by atoms with Crippen LogP contribution in [0.15, 0.2) is 0 Å². The SMILES string of the molecule is COCCC(C)n1nnnc1CN. The van der Waals surface area contributed by atoms with Crippen molar-refractivity contribution in [3.63, 3.8) is 0 Å². The molecule has 0 aliphatic carbocycles. The molecule has 0 saturated carbocycles. The van der Waals surface area contributed by atoms with Crippen LogP contribution in [0.2, 0.25) is 0 Å². The van der Waals surface area contributed by atoms with Gasteiger partial charge in [-0.1, -0.05) is 0 Å². The van der Waals surface area contributed by atoms with Crippen molar-refractivity contribution >= 4 is 0 Å². The van der Waals surface area contributed by atoms with E-state index in [1.807, 2.05) is 6.92 Å². The van der Waals surface area contributed by atoms with Crippen molar-refractivity contribution in [2.24, 2.45) is 5.73 Å². The molecule has 0 amide bonds. The lowest BCUT2D eigenvalue weighted by molar-refractivity contribution is 0.177. The van der Waals surface area contributed by atoms with Gasteiger partial charge in [0.05, 0.1) is 12.6 Å². The quantitative estimate of drug-likeness (QED) is 0.683. The maximum absolute atomic E-state index is 5.47. The van der Waals surface area contributed by atoms with E-state index in [1.54, 1.807) is 11.8 Å². The normalized spacial score (nSPS) is 13.2. The predicted octanol–water partition coefficient (Wildman–Crippen LogP) is -0.271. The Labute approximate surface area is 77.1 Å². The molecule has 1 aromatic rings. The molecule has 1 aromatic heterocycles. The van der Waals surface area contributed by atoms with Gasteiger partial charge in [0.1, 0.15) is 0 Å². The van der Waals surface area contributed by atoms with Crippen LogP contribution in [0, 0.1) is 0 Å². The molecule has 0 bridgehead atoms. The topological polar surface area (TPSA) is 78.8 Å². The van der Waals surface area contributed by atoms with Crippen LogP contribution in [0.4, 0.5) is 0 Å². The lowest BCUT2D eigenvalue weighted by atomic mass is 10.2. The standard InChI is InChI=1S/C7H15N5O/c1-6(3-4-13-2)12-7(5-8)9-10-11-12/h6H,3-5,8H2,1-2H3. The van der Waals surface area contributed by atoms with E-state index in [0.29, 0.717) is 19.0 Å². The van der Waals surface area contributed by atoms with E-state index in [0.717, 1.165) is 6.42 Å². The number of tetrazole rings is 1. The van der Waals surface area contributed by atoms with Gasteiger partial charge in [0.2, 0.25) is 0 Å². The van der Waals surface area contributed by atoms with E-state index in [4.69, 9.17) is 10.5 Å². The molecule has 0 aliphatic heterocycles. The zero-order valence-electron chi connectivity index (χ0n) is 7.97. The molecule has 0 radical (unpaired) electrons. The largest absolute Gasteiger partial charge is 0.385 e. The summed E-state index contributed by atoms with van der Waals surface area (Å²) in [5.74, 6) is 0.712. The number of rotatable bonds is 5. The summed E-state index contributed by atoms with van der Waals surface area (Å²) < 4.78 is 6.71. The zero-order chi connectivity index (χ0) is 9.68. The van der Waals surface area contributed by atoms with Gasteiger partial charge in [-0.2, -0.15) is 0 Å². The lowest BCUT2D eigenvalue weighted by Gasteiger charge is -2.11. The first-order chi connectivity index (χ1) is 6.29. The first-order valence-corrected chi connectivity index (χ1v) is 4.25. The number of ether oxygens (including phenoxy) is 1. The number of nitrogens with zero attached hydrogens (tertiary/aromatic N) is 4. The second-order valence-corrected chi connectivity index (χ2v) is 2.87. The molecular weight excluding hydrogens is 170 g/mol. The van der Waals surface area contributed by atoms with E-state index in [1.165, 1.54) is 0 Å². The third kappa shape index (κ3) is 2.46. The zero-order valence-corrected chi connectivity index (χ0v) is 7.97. The highest BCUT2D eigenvalue weighted by Crippen LogP contribution is 2.09. The Morgan fingerprint density at radius 1 is 1.62 bits per heavy atom. The summed E-state index contributed by atoms with van der Waals surface area (Å²) in [6.45, 7) is 3.10. The summed E-state index contributed by atoms with van der Waals surface area (Å²) in [5, 5.41) is 11.2. The molecule has 1 heterocycles. The molecule has 6 heteroatoms. The van der Waals surface area contributed by atoms with Gasteiger partial charge in [0.25, 0.3) is 0 Å². The average molecular weight is 185 g/mol. The van der Waals surface area contributed by atoms with Crippen molar-refractivity contribution in [2.45, 2.75) is 25.9 Å². The molecule has 1 rings (SSSR count). The van der Waals surface area contributed by atoms with Crippen molar-refractivity contribution < 1.29 is 4.74 Å². The van der Waals surface area contributed by atoms with Gasteiger partial charge >= 0.3 is 0 Å². The summed E-state index contributed by atoms with van der Waals surface area (Å²) in [6.07, 6.45) is 0.883. The predicted molar refractivity (Wildman–Crippen MR) is 46.9 cm³/mol. The third-order valence-electron chi connectivity index (χ3n) is 1.90. The van der Waals surface area contributed by atoms with Crippen molar-refractivity contribution in [3.8, 4) is 0 Å². The molecule has 2 N–H and O–H groups in total. The number of hydrogen-bond acceptors (Lipinski definition) is 5. The van der Waals surface area contributed by atoms with Crippen LogP contribution in [-0.2, 0) is 11.3 Å². The van der Waals surface area contributed by atoms with Crippen molar-refractivity contribution in [1.82, 2.24) is 20.2 Å². The van der Waals surface area contributed by atoms with E-state index >= 15 is 0 Å². The van der Waals surface area contributed by atoms with Crippen LogP contribution in [0.1, 0.15) is 25.2 Å². The highest BCUT2D eigenvalue weighted by molar-refractivity contribution is 4.81. The van der Waals surface area contributed by atoms with Crippen LogP contribution in [-0.4, -0.2) is 33.9 Å². The fourth-order valence-electron chi connectivity index (χ4n) is 1.10. The van der Waals surface area contributed by atoms with Gasteiger partial charge in [-0.25, -0.2) is 4.68 Å². The highest BCUT2D eigenvalue weighted by Gasteiger charge is 2.10. The van der Waals surface area contributed by atoms with Crippen LogP contribution < -0.4 is 5.73 Å². The van der Waals surface area contributed by atoms with E-state index in [-0.39, 0.29) is 6.04 Å². The minimum Gasteiger partial charge on any atom is -0.385 e. The number of methoxy groups -OCH3 is 1. The maximum atomic E-state index is 5.47. The average Bonchev–Trinajstić information content (AvgIpc) is 2.61. The Balaban J connectivity index is 2.59. The first-order valence-electron chi connectivity index (χ1n) is 4.25. The highest BCUT2D eigenvalue weighted by atomic mass is 16.5. The Morgan fingerprint density at radius 2 is 2.38 bits per heavy atom. The van der Waals surface area contributed by atoms with E-state index < -0.39 is 0 Å². The van der Waals surface area contributed by atoms with Crippen molar-refractivity contribution in [1.29, 1.82) is 0 Å². The van der Waals surface area contributed by atoms with Crippen LogP contribution in [0.3, 0.4) is 0 Å². The minimum absolute atomic E-state index is 0.230. The minimum atomic E-state index is 0.230. The summed E-state index contributed by atoms with van der Waals surface area (Å²) >= 11 is 0. The summed E-state index contributed by atoms with van der Waals surface area (Å²) in [4.78, 5) is 0. The molecular formula is C7H15N5O. The summed E-state index contributed by atoms with van der Waals surface area (Å²) in [6, 6.07) is 0.230. The lowest BCUT2D eigenvalue weighted by Crippen LogP contribution is -2.15. The molecule has 0 aromatic carbocycles. The number of aromatic nitrogens is 4. The molecule has 0 fully saturated rings. The molecule has 0 aliphatic rings. The fourth-order valence-corrected chi connectivity index (χ4v) is 1.10. The molecule has 1 unspecified atom stereocenters. The molecule has 13 heavy (non-hydrogen) atoms. The van der Waals surface area contributed by atoms with Gasteiger partial charge in [0, 0.05) is 13.7 Å². The van der Waals surface area contributed by atoms with E-state index in [9.17, 15) is 0 Å². The molecule has 0 saturated heterocycles. The van der Waals surface area contributed by atoms with Crippen LogP contribution >= 0.6 is 0 Å². The van der Waals surface area contributed by atoms with Gasteiger partial charge in [0.15, 0.2) is 5.82 Å². The maximum Gasteiger partial charge on any atom is 0.165 e. The summed E-state index contributed by atoms with van der Waals surface area (Å²) in [7, 11) is 1.68. The van der Waals surface area contributed by atoms with Crippen molar-refractivity contribution in [3.05, 3.63) is 5.82 Å². The van der Waals surface area contributed by atoms with E-state index in [2.05, 4.69) is 15.5 Å². The second kappa shape index (κ2) is 4.88. The second-order valence-electron chi connectivity index (χ2n) is 2.87. The smallest absolute Gasteiger partial charge is 0.165 e. The Hall–Kier alpha value is -1.01. The number of hydrogen-bond donors (Lipinski definition) is 1. The van der Waals surface area contributed by atoms with Crippen LogP contribution in [0.25, 0.3) is 0 Å². The molecule has 1 atom stereocenters. The van der Waals surface area contributed by atoms with Gasteiger partial charge in [-0.15, -0.1) is 5.10 Å². The van der Waals surface area contributed by atoms with Gasteiger partial charge in [-0.05, 0) is 23.8 Å². The van der Waals surface area contributed by atoms with Crippen LogP contribution in [0.5, 0.6) is 0 Å². The number of nitrogens with two attached hydrogens (primary N) is 1. The molecule has 6 nitrogen and oxygen atoms in total. The fraction of sp³-hybridized carbons (Fsp3) is 0.857. The van der Waals surface area contributed by atoms with Gasteiger partial charge in [-0.3, -0.25) is 0 Å². The molecule has 74 valence electrons. The third-order valence-corrected chi connectivity index (χ3v) is 1.90. The van der Waals surface area contributed by atoms with Gasteiger partial charge < -0.3 is 10.5 Å².